The van der Waals surface area contributed by atoms with Crippen molar-refractivity contribution in [1.29, 1.82) is 0 Å². The molecular weight excluding hydrogens is 420 g/mol. The molecule has 0 fully saturated rings. The van der Waals surface area contributed by atoms with Crippen LogP contribution in [-0.4, -0.2) is 20.5 Å². The van der Waals surface area contributed by atoms with Crippen LogP contribution in [-0.2, 0) is 23.2 Å². The summed E-state index contributed by atoms with van der Waals surface area (Å²) in [6, 6.07) is 21.7. The molecule has 0 spiro atoms. The van der Waals surface area contributed by atoms with E-state index in [4.69, 9.17) is 26.8 Å². The van der Waals surface area contributed by atoms with Crippen LogP contribution in [0.1, 0.15) is 16.7 Å². The molecule has 0 aliphatic rings. The smallest absolute Gasteiger partial charge is 0.238 e. The minimum absolute atomic E-state index is 0.0738. The third-order valence-corrected chi connectivity index (χ3v) is 5.68. The Bertz CT molecular complexity index is 1120. The van der Waals surface area contributed by atoms with E-state index in [9.17, 15) is 8.42 Å². The molecule has 0 radical (unpaired) electrons. The summed E-state index contributed by atoms with van der Waals surface area (Å²) in [5, 5.41) is 8.27. The zero-order valence-electron chi connectivity index (χ0n) is 16.4. The van der Waals surface area contributed by atoms with Gasteiger partial charge in [-0.05, 0) is 41.5 Å². The van der Waals surface area contributed by atoms with Crippen molar-refractivity contribution >= 4 is 27.2 Å². The highest BCUT2D eigenvalue weighted by Gasteiger charge is 2.10. The first-order valence-electron chi connectivity index (χ1n) is 9.11. The molecule has 3 aromatic carbocycles. The van der Waals surface area contributed by atoms with Gasteiger partial charge in [-0.25, -0.2) is 13.6 Å². The maximum absolute atomic E-state index is 11.3. The van der Waals surface area contributed by atoms with E-state index in [1.54, 1.807) is 19.2 Å². The first-order chi connectivity index (χ1) is 14.4. The van der Waals surface area contributed by atoms with Gasteiger partial charge in [0.2, 0.25) is 10.0 Å². The maximum Gasteiger partial charge on any atom is 0.238 e. The number of ether oxygens (including phenoxy) is 2. The molecule has 0 aliphatic heterocycles. The van der Waals surface area contributed by atoms with Gasteiger partial charge in [0.1, 0.15) is 11.6 Å². The fourth-order valence-corrected chi connectivity index (χ4v) is 3.46. The van der Waals surface area contributed by atoms with Crippen molar-refractivity contribution in [3.8, 4) is 11.5 Å². The van der Waals surface area contributed by atoms with Crippen LogP contribution < -0.4 is 19.9 Å². The molecule has 3 rings (SSSR count). The van der Waals surface area contributed by atoms with E-state index in [0.29, 0.717) is 29.6 Å². The van der Waals surface area contributed by atoms with Crippen molar-refractivity contribution in [2.24, 2.45) is 5.14 Å². The molecule has 6 nitrogen and oxygen atoms in total. The second kappa shape index (κ2) is 9.71. The van der Waals surface area contributed by atoms with Crippen LogP contribution in [0, 0.1) is 0 Å². The van der Waals surface area contributed by atoms with E-state index in [1.807, 2.05) is 48.5 Å². The summed E-state index contributed by atoms with van der Waals surface area (Å²) in [7, 11) is -2.12. The number of nitrogens with two attached hydrogens (primary N) is 1. The normalized spacial score (nSPS) is 11.0. The van der Waals surface area contributed by atoms with E-state index >= 15 is 0 Å². The summed E-state index contributed by atoms with van der Waals surface area (Å²) in [6.07, 6.45) is 0. The van der Waals surface area contributed by atoms with E-state index in [1.165, 1.54) is 12.1 Å². The van der Waals surface area contributed by atoms with Gasteiger partial charge >= 0.3 is 0 Å². The molecule has 0 aliphatic carbocycles. The molecule has 156 valence electrons. The number of sulfonamides is 1. The fraction of sp³-hybridized carbons (Fsp3) is 0.136. The Morgan fingerprint density at radius 2 is 1.67 bits per heavy atom. The number of hydrogen-bond donors (Lipinski definition) is 2. The van der Waals surface area contributed by atoms with Gasteiger partial charge in [-0.1, -0.05) is 54.7 Å². The van der Waals surface area contributed by atoms with E-state index < -0.39 is 10.0 Å². The van der Waals surface area contributed by atoms with Crippen LogP contribution in [0.2, 0.25) is 0 Å². The standard InChI is InChI=1S/C22H22N2O4S2/c1-27-21-13-18(9-12-20(21)28-15-17-5-3-2-4-6-17)22(29)24-14-16-7-10-19(11-8-16)30(23,25)26/h2-13H,14-15H2,1H3,(H,24,29)(H2,23,25,26). The Morgan fingerprint density at radius 3 is 2.30 bits per heavy atom. The number of primary sulfonamides is 1. The van der Waals surface area contributed by atoms with Crippen LogP contribution in [0.3, 0.4) is 0 Å². The van der Waals surface area contributed by atoms with Crippen molar-refractivity contribution in [3.05, 3.63) is 89.5 Å². The quantitative estimate of drug-likeness (QED) is 0.520. The third kappa shape index (κ3) is 5.79. The number of thiocarbonyl (C=S) groups is 1. The molecular formula is C22H22N2O4S2. The molecule has 0 aromatic heterocycles. The van der Waals surface area contributed by atoms with Crippen molar-refractivity contribution in [3.63, 3.8) is 0 Å². The van der Waals surface area contributed by atoms with Crippen LogP contribution in [0.25, 0.3) is 0 Å². The lowest BCUT2D eigenvalue weighted by molar-refractivity contribution is 0.284. The molecule has 3 N–H and O–H groups in total. The summed E-state index contributed by atoms with van der Waals surface area (Å²) in [6.45, 7) is 0.881. The summed E-state index contributed by atoms with van der Waals surface area (Å²) < 4.78 is 34.0. The Labute approximate surface area is 181 Å². The minimum atomic E-state index is -3.70. The monoisotopic (exact) mass is 442 g/mol. The van der Waals surface area contributed by atoms with Crippen LogP contribution in [0.5, 0.6) is 11.5 Å². The lowest BCUT2D eigenvalue weighted by Gasteiger charge is -2.14. The van der Waals surface area contributed by atoms with Gasteiger partial charge in [0.25, 0.3) is 0 Å². The van der Waals surface area contributed by atoms with E-state index in [0.717, 1.165) is 16.7 Å². The second-order valence-electron chi connectivity index (χ2n) is 6.51. The highest BCUT2D eigenvalue weighted by molar-refractivity contribution is 7.89. The van der Waals surface area contributed by atoms with Gasteiger partial charge in [0, 0.05) is 12.1 Å². The topological polar surface area (TPSA) is 90.6 Å². The highest BCUT2D eigenvalue weighted by Crippen LogP contribution is 2.29. The molecule has 0 unspecified atom stereocenters. The molecule has 0 heterocycles. The number of benzene rings is 3. The maximum atomic E-state index is 11.3. The third-order valence-electron chi connectivity index (χ3n) is 4.37. The largest absolute Gasteiger partial charge is 0.493 e. The summed E-state index contributed by atoms with van der Waals surface area (Å²) in [5.41, 5.74) is 2.73. The Kier molecular flexibility index (Phi) is 7.04. The Hall–Kier alpha value is -2.94. The second-order valence-corrected chi connectivity index (χ2v) is 8.48. The first kappa shape index (κ1) is 21.8. The number of rotatable bonds is 8. The van der Waals surface area contributed by atoms with Gasteiger partial charge in [-0.2, -0.15) is 0 Å². The number of nitrogens with one attached hydrogen (secondary N) is 1. The molecule has 3 aromatic rings. The molecule has 0 saturated heterocycles. The van der Waals surface area contributed by atoms with Gasteiger partial charge in [0.05, 0.1) is 12.0 Å². The Morgan fingerprint density at radius 1 is 0.967 bits per heavy atom. The van der Waals surface area contributed by atoms with Crippen molar-refractivity contribution in [2.75, 3.05) is 7.11 Å². The van der Waals surface area contributed by atoms with Gasteiger partial charge in [0.15, 0.2) is 11.5 Å². The number of methoxy groups -OCH3 is 1. The molecule has 0 atom stereocenters. The summed E-state index contributed by atoms with van der Waals surface area (Å²) in [4.78, 5) is 0.614. The molecule has 0 bridgehead atoms. The van der Waals surface area contributed by atoms with Crippen LogP contribution >= 0.6 is 12.2 Å². The first-order valence-corrected chi connectivity index (χ1v) is 11.1. The fourth-order valence-electron chi connectivity index (χ4n) is 2.74. The zero-order valence-corrected chi connectivity index (χ0v) is 18.0. The van der Waals surface area contributed by atoms with Crippen LogP contribution in [0.4, 0.5) is 0 Å². The molecule has 8 heteroatoms. The Balaban J connectivity index is 1.63. The zero-order chi connectivity index (χ0) is 21.6. The van der Waals surface area contributed by atoms with E-state index in [-0.39, 0.29) is 4.90 Å². The van der Waals surface area contributed by atoms with Crippen molar-refractivity contribution < 1.29 is 17.9 Å². The highest BCUT2D eigenvalue weighted by atomic mass is 32.2. The van der Waals surface area contributed by atoms with Gasteiger partial charge < -0.3 is 14.8 Å². The predicted molar refractivity (Wildman–Crippen MR) is 120 cm³/mol. The number of hydrogen-bond acceptors (Lipinski definition) is 5. The van der Waals surface area contributed by atoms with Crippen molar-refractivity contribution in [2.45, 2.75) is 18.0 Å². The SMILES string of the molecule is COc1cc(C(=S)NCc2ccc(S(N)(=O)=O)cc2)ccc1OCc1ccccc1. The molecule has 0 amide bonds. The summed E-state index contributed by atoms with van der Waals surface area (Å²) in [5.74, 6) is 1.22. The van der Waals surface area contributed by atoms with E-state index in [2.05, 4.69) is 5.32 Å². The average molecular weight is 443 g/mol. The molecule has 30 heavy (non-hydrogen) atoms. The lowest BCUT2D eigenvalue weighted by atomic mass is 10.1. The predicted octanol–water partition coefficient (Wildman–Crippen LogP) is 3.39. The molecule has 0 saturated carbocycles. The lowest BCUT2D eigenvalue weighted by Crippen LogP contribution is -2.22. The van der Waals surface area contributed by atoms with Gasteiger partial charge in [-0.3, -0.25) is 0 Å². The summed E-state index contributed by atoms with van der Waals surface area (Å²) >= 11 is 5.47. The average Bonchev–Trinajstić information content (AvgIpc) is 2.76. The van der Waals surface area contributed by atoms with Crippen LogP contribution in [0.15, 0.2) is 77.7 Å². The minimum Gasteiger partial charge on any atom is -0.493 e. The van der Waals surface area contributed by atoms with Gasteiger partial charge in [-0.15, -0.1) is 0 Å². The van der Waals surface area contributed by atoms with Crippen molar-refractivity contribution in [1.82, 2.24) is 5.32 Å².